The molecule has 0 aromatic heterocycles. The van der Waals surface area contributed by atoms with Gasteiger partial charge in [-0.15, -0.1) is 11.8 Å². The fourth-order valence-electron chi connectivity index (χ4n) is 0.855. The van der Waals surface area contributed by atoms with E-state index in [0.717, 1.165) is 10.5 Å². The molecule has 60 valence electrons. The summed E-state index contributed by atoms with van der Waals surface area (Å²) in [5.74, 6) is -0.0857. The molecular formula is C8H8FIS. The van der Waals surface area contributed by atoms with E-state index in [9.17, 15) is 4.39 Å². The van der Waals surface area contributed by atoms with Crippen molar-refractivity contribution in [1.82, 2.24) is 0 Å². The molecule has 0 heterocycles. The van der Waals surface area contributed by atoms with Crippen molar-refractivity contribution in [3.8, 4) is 0 Å². The number of hydrogen-bond donors (Lipinski definition) is 0. The predicted octanol–water partition coefficient (Wildman–Crippen LogP) is 3.46. The van der Waals surface area contributed by atoms with E-state index in [4.69, 9.17) is 0 Å². The Labute approximate surface area is 83.7 Å². The van der Waals surface area contributed by atoms with Crippen LogP contribution in [0.4, 0.5) is 4.39 Å². The Bertz CT molecular complexity index is 273. The Morgan fingerprint density at radius 2 is 2.09 bits per heavy atom. The fourth-order valence-corrected chi connectivity index (χ4v) is 2.04. The van der Waals surface area contributed by atoms with Crippen LogP contribution in [0.5, 0.6) is 0 Å². The summed E-state index contributed by atoms with van der Waals surface area (Å²) in [4.78, 5) is 1.02. The summed E-state index contributed by atoms with van der Waals surface area (Å²) >= 11 is 3.57. The number of thioether (sulfide) groups is 1. The zero-order valence-corrected chi connectivity index (χ0v) is 9.29. The van der Waals surface area contributed by atoms with Gasteiger partial charge in [0.05, 0.1) is 0 Å². The molecule has 0 N–H and O–H groups in total. The number of hydrogen-bond acceptors (Lipinski definition) is 1. The van der Waals surface area contributed by atoms with E-state index in [1.165, 1.54) is 0 Å². The lowest BCUT2D eigenvalue weighted by Crippen LogP contribution is -1.89. The summed E-state index contributed by atoms with van der Waals surface area (Å²) in [7, 11) is 0. The molecule has 0 nitrogen and oxygen atoms in total. The topological polar surface area (TPSA) is 0 Å². The Balaban J connectivity index is 3.25. The molecule has 3 heteroatoms. The van der Waals surface area contributed by atoms with Crippen LogP contribution in [-0.4, -0.2) is 6.26 Å². The molecule has 0 aliphatic carbocycles. The van der Waals surface area contributed by atoms with Crippen molar-refractivity contribution in [2.24, 2.45) is 0 Å². The van der Waals surface area contributed by atoms with Gasteiger partial charge in [-0.25, -0.2) is 4.39 Å². The molecule has 0 aliphatic rings. The van der Waals surface area contributed by atoms with Gasteiger partial charge in [0.15, 0.2) is 0 Å². The van der Waals surface area contributed by atoms with Gasteiger partial charge in [-0.1, -0.05) is 0 Å². The zero-order valence-electron chi connectivity index (χ0n) is 6.32. The van der Waals surface area contributed by atoms with Crippen LogP contribution < -0.4 is 0 Å². The Kier molecular flexibility index (Phi) is 3.18. The molecule has 0 saturated heterocycles. The average Bonchev–Trinajstić information content (AvgIpc) is 2.01. The second-order valence-corrected chi connectivity index (χ2v) is 4.20. The lowest BCUT2D eigenvalue weighted by atomic mass is 10.2. The SMILES string of the molecule is CSc1ccc(I)c(F)c1C. The van der Waals surface area contributed by atoms with Gasteiger partial charge < -0.3 is 0 Å². The molecule has 1 aromatic carbocycles. The van der Waals surface area contributed by atoms with Gasteiger partial charge in [0.2, 0.25) is 0 Å². The summed E-state index contributed by atoms with van der Waals surface area (Å²) in [5, 5.41) is 0. The monoisotopic (exact) mass is 282 g/mol. The van der Waals surface area contributed by atoms with Crippen LogP contribution in [0.3, 0.4) is 0 Å². The van der Waals surface area contributed by atoms with E-state index in [0.29, 0.717) is 3.57 Å². The van der Waals surface area contributed by atoms with Crippen LogP contribution in [-0.2, 0) is 0 Å². The molecule has 0 saturated carbocycles. The smallest absolute Gasteiger partial charge is 0.140 e. The highest BCUT2D eigenvalue weighted by Crippen LogP contribution is 2.24. The van der Waals surface area contributed by atoms with Gasteiger partial charge in [0, 0.05) is 8.47 Å². The molecule has 0 radical (unpaired) electrons. The van der Waals surface area contributed by atoms with Crippen molar-refractivity contribution in [3.05, 3.63) is 27.1 Å². The third-order valence-corrected chi connectivity index (χ3v) is 3.22. The highest BCUT2D eigenvalue weighted by atomic mass is 127. The average molecular weight is 282 g/mol. The third kappa shape index (κ3) is 1.87. The van der Waals surface area contributed by atoms with Gasteiger partial charge in [-0.2, -0.15) is 0 Å². The summed E-state index contributed by atoms with van der Waals surface area (Å²) in [6.45, 7) is 1.81. The molecule has 11 heavy (non-hydrogen) atoms. The van der Waals surface area contributed by atoms with E-state index in [-0.39, 0.29) is 5.82 Å². The van der Waals surface area contributed by atoms with Crippen LogP contribution in [0.25, 0.3) is 0 Å². The summed E-state index contributed by atoms with van der Waals surface area (Å²) < 4.78 is 13.8. The molecule has 0 amide bonds. The van der Waals surface area contributed by atoms with Gasteiger partial charge >= 0.3 is 0 Å². The molecule has 1 rings (SSSR count). The maximum atomic E-state index is 13.2. The largest absolute Gasteiger partial charge is 0.206 e. The molecule has 1 aromatic rings. The first-order valence-corrected chi connectivity index (χ1v) is 5.45. The lowest BCUT2D eigenvalue weighted by molar-refractivity contribution is 0.606. The molecule has 0 aliphatic heterocycles. The third-order valence-electron chi connectivity index (χ3n) is 1.51. The van der Waals surface area contributed by atoms with Crippen molar-refractivity contribution in [2.45, 2.75) is 11.8 Å². The molecule has 0 fully saturated rings. The van der Waals surface area contributed by atoms with Gasteiger partial charge in [-0.05, 0) is 53.5 Å². The maximum absolute atomic E-state index is 13.2. The van der Waals surface area contributed by atoms with Crippen molar-refractivity contribution in [3.63, 3.8) is 0 Å². The van der Waals surface area contributed by atoms with E-state index in [1.807, 2.05) is 41.8 Å². The van der Waals surface area contributed by atoms with Crippen LogP contribution in [0, 0.1) is 16.3 Å². The van der Waals surface area contributed by atoms with Crippen molar-refractivity contribution in [2.75, 3.05) is 6.26 Å². The standard InChI is InChI=1S/C8H8FIS/c1-5-7(11-2)4-3-6(10)8(5)9/h3-4H,1-2H3. The zero-order chi connectivity index (χ0) is 8.43. The van der Waals surface area contributed by atoms with Gasteiger partial charge in [-0.3, -0.25) is 0 Å². The first-order chi connectivity index (χ1) is 5.16. The van der Waals surface area contributed by atoms with E-state index in [2.05, 4.69) is 0 Å². The van der Waals surface area contributed by atoms with Crippen LogP contribution in [0.2, 0.25) is 0 Å². The minimum Gasteiger partial charge on any atom is -0.206 e. The number of halogens is 2. The highest BCUT2D eigenvalue weighted by molar-refractivity contribution is 14.1. The van der Waals surface area contributed by atoms with Crippen molar-refractivity contribution >= 4 is 34.4 Å². The van der Waals surface area contributed by atoms with Gasteiger partial charge in [0.25, 0.3) is 0 Å². The lowest BCUT2D eigenvalue weighted by Gasteiger charge is -2.03. The van der Waals surface area contributed by atoms with E-state index < -0.39 is 0 Å². The predicted molar refractivity (Wildman–Crippen MR) is 55.6 cm³/mol. The second-order valence-electron chi connectivity index (χ2n) is 2.19. The summed E-state index contributed by atoms with van der Waals surface area (Å²) in [5.41, 5.74) is 0.754. The molecule has 0 bridgehead atoms. The van der Waals surface area contributed by atoms with E-state index >= 15 is 0 Å². The minimum atomic E-state index is -0.0857. The number of benzene rings is 1. The Morgan fingerprint density at radius 1 is 1.45 bits per heavy atom. The first-order valence-electron chi connectivity index (χ1n) is 3.15. The second kappa shape index (κ2) is 3.76. The van der Waals surface area contributed by atoms with Crippen molar-refractivity contribution < 1.29 is 4.39 Å². The van der Waals surface area contributed by atoms with Gasteiger partial charge in [0.1, 0.15) is 5.82 Å². The summed E-state index contributed by atoms with van der Waals surface area (Å²) in [6.07, 6.45) is 1.95. The first kappa shape index (κ1) is 9.32. The molecule has 0 unspecified atom stereocenters. The van der Waals surface area contributed by atoms with E-state index in [1.54, 1.807) is 17.8 Å². The van der Waals surface area contributed by atoms with Crippen LogP contribution >= 0.6 is 34.4 Å². The van der Waals surface area contributed by atoms with Crippen LogP contribution in [0.1, 0.15) is 5.56 Å². The van der Waals surface area contributed by atoms with Crippen LogP contribution in [0.15, 0.2) is 17.0 Å². The molecule has 0 atom stereocenters. The maximum Gasteiger partial charge on any atom is 0.140 e. The van der Waals surface area contributed by atoms with Crippen molar-refractivity contribution in [1.29, 1.82) is 0 Å². The Morgan fingerprint density at radius 3 is 2.64 bits per heavy atom. The number of rotatable bonds is 1. The highest BCUT2D eigenvalue weighted by Gasteiger charge is 2.05. The fraction of sp³-hybridized carbons (Fsp3) is 0.250. The Hall–Kier alpha value is 0.230. The normalized spacial score (nSPS) is 10.2. The quantitative estimate of drug-likeness (QED) is 0.561. The minimum absolute atomic E-state index is 0.0857. The molecular weight excluding hydrogens is 274 g/mol. The molecule has 0 spiro atoms. The summed E-state index contributed by atoms with van der Waals surface area (Å²) in [6, 6.07) is 3.75.